The van der Waals surface area contributed by atoms with Crippen LogP contribution in [0.25, 0.3) is 6.08 Å². The molecular formula is C22H25N3O. The van der Waals surface area contributed by atoms with Crippen LogP contribution in [0.3, 0.4) is 0 Å². The molecule has 1 heterocycles. The summed E-state index contributed by atoms with van der Waals surface area (Å²) in [6, 6.07) is 16.1. The minimum absolute atomic E-state index is 0.0841. The molecule has 0 fully saturated rings. The minimum atomic E-state index is -0.0841. The average Bonchev–Trinajstić information content (AvgIpc) is 2.93. The van der Waals surface area contributed by atoms with Crippen molar-refractivity contribution < 1.29 is 4.79 Å². The van der Waals surface area contributed by atoms with Gasteiger partial charge in [0.05, 0.1) is 17.0 Å². The molecule has 134 valence electrons. The fourth-order valence-corrected chi connectivity index (χ4v) is 3.08. The number of hydrogen-bond acceptors (Lipinski definition) is 3. The maximum Gasteiger partial charge on any atom is 0.280 e. The van der Waals surface area contributed by atoms with E-state index in [9.17, 15) is 4.79 Å². The molecule has 0 aliphatic carbocycles. The molecule has 1 aliphatic heterocycles. The first-order chi connectivity index (χ1) is 12.5. The highest BCUT2D eigenvalue weighted by atomic mass is 16.2. The predicted octanol–water partition coefficient (Wildman–Crippen LogP) is 4.65. The summed E-state index contributed by atoms with van der Waals surface area (Å²) in [7, 11) is 0. The van der Waals surface area contributed by atoms with Crippen LogP contribution in [0.5, 0.6) is 0 Å². The summed E-state index contributed by atoms with van der Waals surface area (Å²) in [5.74, 6) is -0.0841. The molecule has 0 saturated heterocycles. The van der Waals surface area contributed by atoms with Crippen molar-refractivity contribution in [1.82, 2.24) is 0 Å². The zero-order chi connectivity index (χ0) is 18.7. The number of nitrogens with zero attached hydrogens (tertiary/aromatic N) is 3. The van der Waals surface area contributed by atoms with Crippen LogP contribution in [0, 0.1) is 6.92 Å². The maximum atomic E-state index is 12.8. The van der Waals surface area contributed by atoms with Gasteiger partial charge in [0.1, 0.15) is 0 Å². The number of amides is 1. The highest BCUT2D eigenvalue weighted by Gasteiger charge is 2.28. The Morgan fingerprint density at radius 2 is 1.58 bits per heavy atom. The Morgan fingerprint density at radius 1 is 0.962 bits per heavy atom. The van der Waals surface area contributed by atoms with E-state index in [1.54, 1.807) is 0 Å². The van der Waals surface area contributed by atoms with Crippen molar-refractivity contribution in [2.75, 3.05) is 23.0 Å². The standard InChI is InChI=1S/C22H25N3O/c1-5-24(6-2)19-13-9-18(10-14-19)15-21-17(4)23-25(22(21)26)20-11-7-16(3)8-12-20/h7-15H,5-6H2,1-4H3/b21-15-. The fourth-order valence-electron chi connectivity index (χ4n) is 3.08. The van der Waals surface area contributed by atoms with Gasteiger partial charge in [0.2, 0.25) is 0 Å². The number of hydrogen-bond donors (Lipinski definition) is 0. The van der Waals surface area contributed by atoms with E-state index in [0.29, 0.717) is 5.57 Å². The van der Waals surface area contributed by atoms with Crippen molar-refractivity contribution in [2.45, 2.75) is 27.7 Å². The fraction of sp³-hybridized carbons (Fsp3) is 0.273. The lowest BCUT2D eigenvalue weighted by atomic mass is 10.1. The Bertz CT molecular complexity index is 844. The van der Waals surface area contributed by atoms with E-state index < -0.39 is 0 Å². The minimum Gasteiger partial charge on any atom is -0.372 e. The summed E-state index contributed by atoms with van der Waals surface area (Å²) in [4.78, 5) is 15.1. The van der Waals surface area contributed by atoms with Crippen molar-refractivity contribution in [3.05, 3.63) is 65.2 Å². The summed E-state index contributed by atoms with van der Waals surface area (Å²) in [5, 5.41) is 5.92. The second-order valence-electron chi connectivity index (χ2n) is 6.46. The predicted molar refractivity (Wildman–Crippen MR) is 110 cm³/mol. The van der Waals surface area contributed by atoms with Crippen molar-refractivity contribution in [3.63, 3.8) is 0 Å². The Hall–Kier alpha value is -2.88. The first-order valence-electron chi connectivity index (χ1n) is 9.07. The lowest BCUT2D eigenvalue weighted by Crippen LogP contribution is -2.21. The van der Waals surface area contributed by atoms with Crippen LogP contribution in [-0.4, -0.2) is 24.7 Å². The first-order valence-corrected chi connectivity index (χ1v) is 9.07. The Balaban J connectivity index is 1.84. The van der Waals surface area contributed by atoms with Crippen LogP contribution in [0.1, 0.15) is 31.9 Å². The molecule has 2 aromatic rings. The number of benzene rings is 2. The van der Waals surface area contributed by atoms with Crippen LogP contribution in [0.4, 0.5) is 11.4 Å². The van der Waals surface area contributed by atoms with Crippen LogP contribution in [-0.2, 0) is 4.79 Å². The van der Waals surface area contributed by atoms with Gasteiger partial charge in [-0.05, 0) is 63.6 Å². The second kappa shape index (κ2) is 7.56. The van der Waals surface area contributed by atoms with Crippen molar-refractivity contribution in [1.29, 1.82) is 0 Å². The van der Waals surface area contributed by atoms with E-state index in [1.807, 2.05) is 44.2 Å². The van der Waals surface area contributed by atoms with E-state index >= 15 is 0 Å². The van der Waals surface area contributed by atoms with E-state index in [2.05, 4.69) is 48.1 Å². The zero-order valence-electron chi connectivity index (χ0n) is 15.9. The molecule has 4 nitrogen and oxygen atoms in total. The number of anilines is 2. The smallest absolute Gasteiger partial charge is 0.280 e. The highest BCUT2D eigenvalue weighted by molar-refractivity contribution is 6.32. The van der Waals surface area contributed by atoms with Gasteiger partial charge in [0.25, 0.3) is 5.91 Å². The third-order valence-electron chi connectivity index (χ3n) is 4.67. The molecule has 4 heteroatoms. The van der Waals surface area contributed by atoms with Crippen LogP contribution in [0.2, 0.25) is 0 Å². The molecule has 0 atom stereocenters. The van der Waals surface area contributed by atoms with Crippen molar-refractivity contribution in [2.24, 2.45) is 5.10 Å². The molecule has 2 aromatic carbocycles. The molecule has 0 saturated carbocycles. The van der Waals surface area contributed by atoms with Crippen LogP contribution in [0.15, 0.2) is 59.2 Å². The largest absolute Gasteiger partial charge is 0.372 e. The number of carbonyl (C=O) groups is 1. The quantitative estimate of drug-likeness (QED) is 0.738. The highest BCUT2D eigenvalue weighted by Crippen LogP contribution is 2.25. The molecule has 0 spiro atoms. The Labute approximate surface area is 155 Å². The van der Waals surface area contributed by atoms with Crippen molar-refractivity contribution >= 4 is 29.1 Å². The van der Waals surface area contributed by atoms with E-state index in [-0.39, 0.29) is 5.91 Å². The van der Waals surface area contributed by atoms with Gasteiger partial charge in [-0.3, -0.25) is 4.79 Å². The zero-order valence-corrected chi connectivity index (χ0v) is 15.9. The number of hydrazone groups is 1. The van der Waals surface area contributed by atoms with Crippen LogP contribution >= 0.6 is 0 Å². The van der Waals surface area contributed by atoms with Crippen LogP contribution < -0.4 is 9.91 Å². The van der Waals surface area contributed by atoms with Gasteiger partial charge >= 0.3 is 0 Å². The molecule has 0 radical (unpaired) electrons. The SMILES string of the molecule is CCN(CC)c1ccc(/C=C2\C(=O)N(c3ccc(C)cc3)N=C2C)cc1. The van der Waals surface area contributed by atoms with Gasteiger partial charge in [0, 0.05) is 18.8 Å². The Morgan fingerprint density at radius 3 is 2.15 bits per heavy atom. The summed E-state index contributed by atoms with van der Waals surface area (Å²) in [6.45, 7) is 10.2. The first kappa shape index (κ1) is 17.9. The summed E-state index contributed by atoms with van der Waals surface area (Å²) < 4.78 is 0. The third kappa shape index (κ3) is 3.54. The molecule has 1 amide bonds. The van der Waals surface area contributed by atoms with Gasteiger partial charge in [-0.25, -0.2) is 0 Å². The normalized spacial score (nSPS) is 15.5. The van der Waals surface area contributed by atoms with E-state index in [1.165, 1.54) is 10.7 Å². The topological polar surface area (TPSA) is 35.9 Å². The van der Waals surface area contributed by atoms with Gasteiger partial charge in [-0.1, -0.05) is 29.8 Å². The van der Waals surface area contributed by atoms with Gasteiger partial charge in [0.15, 0.2) is 0 Å². The monoisotopic (exact) mass is 347 g/mol. The Kier molecular flexibility index (Phi) is 5.21. The molecule has 26 heavy (non-hydrogen) atoms. The number of aryl methyl sites for hydroxylation is 1. The lowest BCUT2D eigenvalue weighted by Gasteiger charge is -2.20. The summed E-state index contributed by atoms with van der Waals surface area (Å²) >= 11 is 0. The summed E-state index contributed by atoms with van der Waals surface area (Å²) in [5.41, 5.74) is 5.53. The molecule has 0 N–H and O–H groups in total. The number of rotatable bonds is 5. The van der Waals surface area contributed by atoms with E-state index in [4.69, 9.17) is 0 Å². The second-order valence-corrected chi connectivity index (χ2v) is 6.46. The van der Waals surface area contributed by atoms with Gasteiger partial charge in [-0.15, -0.1) is 0 Å². The molecular weight excluding hydrogens is 322 g/mol. The molecule has 0 bridgehead atoms. The van der Waals surface area contributed by atoms with Gasteiger partial charge < -0.3 is 4.90 Å². The van der Waals surface area contributed by atoms with Gasteiger partial charge in [-0.2, -0.15) is 10.1 Å². The summed E-state index contributed by atoms with van der Waals surface area (Å²) in [6.07, 6.45) is 1.92. The molecule has 0 unspecified atom stereocenters. The molecule has 1 aliphatic rings. The van der Waals surface area contributed by atoms with E-state index in [0.717, 1.165) is 35.6 Å². The van der Waals surface area contributed by atoms with Crippen molar-refractivity contribution in [3.8, 4) is 0 Å². The average molecular weight is 347 g/mol. The number of carbonyl (C=O) groups excluding carboxylic acids is 1. The lowest BCUT2D eigenvalue weighted by molar-refractivity contribution is -0.114. The third-order valence-corrected chi connectivity index (χ3v) is 4.67. The molecule has 3 rings (SSSR count). The molecule has 0 aromatic heterocycles. The maximum absolute atomic E-state index is 12.8.